The Labute approximate surface area is 219 Å². The number of hydrogen-bond acceptors (Lipinski definition) is 6. The zero-order valence-electron chi connectivity index (χ0n) is 20.5. The molecule has 1 aromatic heterocycles. The molecule has 0 fully saturated rings. The molecule has 9 heteroatoms. The highest BCUT2D eigenvalue weighted by Gasteiger charge is 2.18. The molecule has 1 amide bonds. The van der Waals surface area contributed by atoms with Crippen molar-refractivity contribution < 1.29 is 14.3 Å². The molecule has 0 unspecified atom stereocenters. The highest BCUT2D eigenvalue weighted by molar-refractivity contribution is 7.99. The first kappa shape index (κ1) is 25.6. The number of aromatic nitrogens is 3. The minimum atomic E-state index is -0.215. The summed E-state index contributed by atoms with van der Waals surface area (Å²) in [6, 6.07) is 19.2. The molecule has 0 radical (unpaired) electrons. The van der Waals surface area contributed by atoms with E-state index in [1.807, 2.05) is 67.8 Å². The lowest BCUT2D eigenvalue weighted by Gasteiger charge is -2.14. The molecular weight excluding hydrogens is 496 g/mol. The fourth-order valence-electron chi connectivity index (χ4n) is 3.70. The minimum Gasteiger partial charge on any atom is -0.495 e. The molecular formula is C27H27ClN4O3S. The Morgan fingerprint density at radius 2 is 1.75 bits per heavy atom. The second-order valence-electron chi connectivity index (χ2n) is 8.26. The Morgan fingerprint density at radius 3 is 2.44 bits per heavy atom. The van der Waals surface area contributed by atoms with Crippen LogP contribution < -0.4 is 14.8 Å². The van der Waals surface area contributed by atoms with E-state index < -0.39 is 0 Å². The van der Waals surface area contributed by atoms with Crippen LogP contribution in [0.25, 0.3) is 5.69 Å². The first-order chi connectivity index (χ1) is 17.4. The number of carbonyl (C=O) groups excluding carboxylic acids is 1. The van der Waals surface area contributed by atoms with Crippen molar-refractivity contribution in [2.75, 3.05) is 18.2 Å². The Kier molecular flexibility index (Phi) is 8.18. The van der Waals surface area contributed by atoms with Gasteiger partial charge in [0.05, 0.1) is 18.6 Å². The van der Waals surface area contributed by atoms with Gasteiger partial charge in [0, 0.05) is 10.7 Å². The summed E-state index contributed by atoms with van der Waals surface area (Å²) in [6.45, 7) is 6.30. The number of benzene rings is 3. The van der Waals surface area contributed by atoms with Crippen molar-refractivity contribution in [1.29, 1.82) is 0 Å². The van der Waals surface area contributed by atoms with Crippen molar-refractivity contribution in [2.24, 2.45) is 0 Å². The average Bonchev–Trinajstić information content (AvgIpc) is 3.26. The van der Waals surface area contributed by atoms with E-state index in [1.165, 1.54) is 11.8 Å². The zero-order chi connectivity index (χ0) is 25.7. The third-order valence-electron chi connectivity index (χ3n) is 5.51. The number of nitrogens with zero attached hydrogens (tertiary/aromatic N) is 3. The van der Waals surface area contributed by atoms with Crippen molar-refractivity contribution in [1.82, 2.24) is 14.8 Å². The van der Waals surface area contributed by atoms with Gasteiger partial charge in [-0.2, -0.15) is 0 Å². The average molecular weight is 523 g/mol. The number of aryl methyl sites for hydroxylation is 3. The minimum absolute atomic E-state index is 0.122. The molecule has 3 aromatic carbocycles. The molecule has 4 aromatic rings. The zero-order valence-corrected chi connectivity index (χ0v) is 22.1. The van der Waals surface area contributed by atoms with E-state index in [4.69, 9.17) is 21.1 Å². The van der Waals surface area contributed by atoms with Gasteiger partial charge in [0.2, 0.25) is 5.91 Å². The quantitative estimate of drug-likeness (QED) is 0.265. The van der Waals surface area contributed by atoms with Gasteiger partial charge >= 0.3 is 0 Å². The summed E-state index contributed by atoms with van der Waals surface area (Å²) in [4.78, 5) is 12.7. The highest BCUT2D eigenvalue weighted by Crippen LogP contribution is 2.29. The van der Waals surface area contributed by atoms with Crippen LogP contribution in [-0.4, -0.2) is 33.5 Å². The molecule has 0 aliphatic rings. The summed E-state index contributed by atoms with van der Waals surface area (Å²) in [6.07, 6.45) is 0. The lowest BCUT2D eigenvalue weighted by atomic mass is 10.1. The van der Waals surface area contributed by atoms with E-state index in [1.54, 1.807) is 25.3 Å². The van der Waals surface area contributed by atoms with Gasteiger partial charge in [-0.1, -0.05) is 59.3 Å². The lowest BCUT2D eigenvalue weighted by Crippen LogP contribution is -2.15. The van der Waals surface area contributed by atoms with Gasteiger partial charge in [0.25, 0.3) is 0 Å². The van der Waals surface area contributed by atoms with Crippen molar-refractivity contribution in [2.45, 2.75) is 32.5 Å². The van der Waals surface area contributed by atoms with Crippen LogP contribution in [0, 0.1) is 20.8 Å². The number of anilines is 1. The Balaban J connectivity index is 1.54. The number of para-hydroxylation sites is 1. The molecule has 7 nitrogen and oxygen atoms in total. The Morgan fingerprint density at radius 1 is 1.03 bits per heavy atom. The van der Waals surface area contributed by atoms with Crippen molar-refractivity contribution in [3.05, 3.63) is 88.2 Å². The molecule has 186 valence electrons. The number of rotatable bonds is 9. The standard InChI is InChI=1S/C27H27ClN4O3S/c1-17-8-11-21(12-9-17)32-24(15-35-26-18(2)6-5-7-19(26)3)30-31-27(32)36-16-25(33)29-22-14-20(28)10-13-23(22)34-4/h5-14H,15-16H2,1-4H3,(H,29,33). The van der Waals surface area contributed by atoms with E-state index >= 15 is 0 Å². The van der Waals surface area contributed by atoms with Crippen LogP contribution in [0.4, 0.5) is 5.69 Å². The van der Waals surface area contributed by atoms with Crippen LogP contribution in [0.2, 0.25) is 5.02 Å². The molecule has 1 heterocycles. The number of halogens is 1. The van der Waals surface area contributed by atoms with E-state index in [2.05, 4.69) is 15.5 Å². The molecule has 0 aliphatic heterocycles. The maximum atomic E-state index is 12.7. The normalized spacial score (nSPS) is 10.8. The fraction of sp³-hybridized carbons (Fsp3) is 0.222. The van der Waals surface area contributed by atoms with Gasteiger partial charge in [-0.15, -0.1) is 10.2 Å². The number of nitrogens with one attached hydrogen (secondary N) is 1. The predicted molar refractivity (Wildman–Crippen MR) is 144 cm³/mol. The third kappa shape index (κ3) is 6.01. The van der Waals surface area contributed by atoms with Gasteiger partial charge in [0.1, 0.15) is 18.1 Å². The van der Waals surface area contributed by atoms with Crippen LogP contribution >= 0.6 is 23.4 Å². The van der Waals surface area contributed by atoms with Crippen LogP contribution in [0.5, 0.6) is 11.5 Å². The van der Waals surface area contributed by atoms with Crippen LogP contribution in [0.3, 0.4) is 0 Å². The van der Waals surface area contributed by atoms with E-state index in [9.17, 15) is 4.79 Å². The smallest absolute Gasteiger partial charge is 0.234 e. The number of hydrogen-bond donors (Lipinski definition) is 1. The fourth-order valence-corrected chi connectivity index (χ4v) is 4.64. The van der Waals surface area contributed by atoms with Gasteiger partial charge in [-0.25, -0.2) is 0 Å². The number of thioether (sulfide) groups is 1. The number of methoxy groups -OCH3 is 1. The largest absolute Gasteiger partial charge is 0.495 e. The van der Waals surface area contributed by atoms with Crippen LogP contribution in [0.15, 0.2) is 65.8 Å². The predicted octanol–water partition coefficient (Wildman–Crippen LogP) is 6.16. The molecule has 36 heavy (non-hydrogen) atoms. The Hall–Kier alpha value is -3.49. The third-order valence-corrected chi connectivity index (χ3v) is 6.68. The van der Waals surface area contributed by atoms with Crippen molar-refractivity contribution in [3.63, 3.8) is 0 Å². The van der Waals surface area contributed by atoms with Gasteiger partial charge in [0.15, 0.2) is 11.0 Å². The molecule has 0 spiro atoms. The van der Waals surface area contributed by atoms with Crippen molar-refractivity contribution in [3.8, 4) is 17.2 Å². The number of carbonyl (C=O) groups is 1. The molecule has 0 saturated heterocycles. The summed E-state index contributed by atoms with van der Waals surface area (Å²) in [5, 5.41) is 12.7. The summed E-state index contributed by atoms with van der Waals surface area (Å²) >= 11 is 7.37. The summed E-state index contributed by atoms with van der Waals surface area (Å²) in [5.41, 5.74) is 4.66. The summed E-state index contributed by atoms with van der Waals surface area (Å²) in [5.74, 6) is 1.91. The summed E-state index contributed by atoms with van der Waals surface area (Å²) in [7, 11) is 1.54. The molecule has 0 bridgehead atoms. The van der Waals surface area contributed by atoms with Crippen LogP contribution in [-0.2, 0) is 11.4 Å². The first-order valence-electron chi connectivity index (χ1n) is 11.3. The molecule has 0 saturated carbocycles. The monoisotopic (exact) mass is 522 g/mol. The molecule has 0 atom stereocenters. The SMILES string of the molecule is COc1ccc(Cl)cc1NC(=O)CSc1nnc(COc2c(C)cccc2C)n1-c1ccc(C)cc1. The van der Waals surface area contributed by atoms with Gasteiger partial charge in [-0.3, -0.25) is 9.36 Å². The molecule has 4 rings (SSSR count). The second kappa shape index (κ2) is 11.5. The summed E-state index contributed by atoms with van der Waals surface area (Å²) < 4.78 is 13.4. The molecule has 1 N–H and O–H groups in total. The first-order valence-corrected chi connectivity index (χ1v) is 12.7. The molecule has 0 aliphatic carbocycles. The lowest BCUT2D eigenvalue weighted by molar-refractivity contribution is -0.113. The van der Waals surface area contributed by atoms with Crippen LogP contribution in [0.1, 0.15) is 22.5 Å². The van der Waals surface area contributed by atoms with E-state index in [0.29, 0.717) is 27.4 Å². The highest BCUT2D eigenvalue weighted by atomic mass is 35.5. The van der Waals surface area contributed by atoms with E-state index in [0.717, 1.165) is 28.1 Å². The number of ether oxygens (including phenoxy) is 2. The second-order valence-corrected chi connectivity index (χ2v) is 9.64. The maximum Gasteiger partial charge on any atom is 0.234 e. The van der Waals surface area contributed by atoms with Gasteiger partial charge in [-0.05, 0) is 62.2 Å². The number of amides is 1. The van der Waals surface area contributed by atoms with Gasteiger partial charge < -0.3 is 14.8 Å². The van der Waals surface area contributed by atoms with E-state index in [-0.39, 0.29) is 18.3 Å². The Bertz CT molecular complexity index is 1350. The van der Waals surface area contributed by atoms with Crippen molar-refractivity contribution >= 4 is 35.0 Å². The maximum absolute atomic E-state index is 12.7. The topological polar surface area (TPSA) is 78.3 Å².